The molecule has 0 heterocycles. The number of carbonyl (C=O) groups is 1. The molecule has 0 saturated heterocycles. The van der Waals surface area contributed by atoms with E-state index in [1.165, 1.54) is 0 Å². The van der Waals surface area contributed by atoms with Gasteiger partial charge in [0.1, 0.15) is 4.66 Å². The molecule has 1 amide bonds. The predicted molar refractivity (Wildman–Crippen MR) is 60.8 cm³/mol. The Bertz CT molecular complexity index is 323. The van der Waals surface area contributed by atoms with Crippen molar-refractivity contribution < 1.29 is 13.2 Å². The molecule has 0 unspecified atom stereocenters. The average Bonchev–Trinajstić information content (AvgIpc) is 2.18. The Kier molecular flexibility index (Phi) is 4.54. The molecule has 1 aliphatic rings. The number of amides is 1. The van der Waals surface area contributed by atoms with Crippen molar-refractivity contribution in [3.05, 3.63) is 0 Å². The molecule has 0 radical (unpaired) electrons. The van der Waals surface area contributed by atoms with E-state index in [0.29, 0.717) is 25.7 Å². The molecule has 1 aliphatic carbocycles. The summed E-state index contributed by atoms with van der Waals surface area (Å²) < 4.78 is 25.0. The summed E-state index contributed by atoms with van der Waals surface area (Å²) in [6, 6.07) is -0.0526. The van der Waals surface area contributed by atoms with Crippen LogP contribution in [-0.2, 0) is 14.8 Å². The van der Waals surface area contributed by atoms with Gasteiger partial charge >= 0.3 is 0 Å². The van der Waals surface area contributed by atoms with E-state index in [1.54, 1.807) is 0 Å². The molecule has 0 atom stereocenters. The van der Waals surface area contributed by atoms with Crippen molar-refractivity contribution in [1.29, 1.82) is 0 Å². The van der Waals surface area contributed by atoms with Gasteiger partial charge in [0, 0.05) is 12.0 Å². The van der Waals surface area contributed by atoms with Crippen LogP contribution in [0, 0.1) is 5.92 Å². The second-order valence-electron chi connectivity index (χ2n) is 3.79. The number of nitrogens with two attached hydrogens (primary N) is 1. The van der Waals surface area contributed by atoms with Crippen LogP contribution in [0.25, 0.3) is 0 Å². The van der Waals surface area contributed by atoms with Crippen molar-refractivity contribution in [1.82, 2.24) is 4.72 Å². The standard InChI is InChI=1S/C8H15BrN2O3S/c9-5-15(13,14)11-7-3-1-6(2-4-7)8(10)12/h6-7,11H,1-5H2,(H2,10,12). The second kappa shape index (κ2) is 5.27. The Morgan fingerprint density at radius 3 is 2.27 bits per heavy atom. The van der Waals surface area contributed by atoms with E-state index in [0.717, 1.165) is 0 Å². The molecule has 1 rings (SSSR count). The van der Waals surface area contributed by atoms with Gasteiger partial charge in [0.25, 0.3) is 0 Å². The molecule has 0 aromatic rings. The number of sulfonamides is 1. The summed E-state index contributed by atoms with van der Waals surface area (Å²) in [5.74, 6) is -0.369. The van der Waals surface area contributed by atoms with E-state index < -0.39 is 10.0 Å². The van der Waals surface area contributed by atoms with Gasteiger partial charge in [0.15, 0.2) is 0 Å². The highest BCUT2D eigenvalue weighted by Gasteiger charge is 2.26. The molecule has 88 valence electrons. The number of alkyl halides is 1. The van der Waals surface area contributed by atoms with Crippen molar-refractivity contribution in [2.75, 3.05) is 4.66 Å². The van der Waals surface area contributed by atoms with Crippen molar-refractivity contribution >= 4 is 31.9 Å². The molecule has 1 saturated carbocycles. The van der Waals surface area contributed by atoms with Crippen LogP contribution in [0.4, 0.5) is 0 Å². The van der Waals surface area contributed by atoms with Crippen LogP contribution in [0.1, 0.15) is 25.7 Å². The lowest BCUT2D eigenvalue weighted by Crippen LogP contribution is -2.40. The molecule has 0 aromatic heterocycles. The fraction of sp³-hybridized carbons (Fsp3) is 0.875. The molecule has 15 heavy (non-hydrogen) atoms. The highest BCUT2D eigenvalue weighted by atomic mass is 79.9. The van der Waals surface area contributed by atoms with Crippen LogP contribution in [0.2, 0.25) is 0 Å². The summed E-state index contributed by atoms with van der Waals surface area (Å²) in [7, 11) is -3.21. The first kappa shape index (κ1) is 12.9. The van der Waals surface area contributed by atoms with Gasteiger partial charge in [-0.25, -0.2) is 13.1 Å². The monoisotopic (exact) mass is 298 g/mol. The van der Waals surface area contributed by atoms with E-state index in [9.17, 15) is 13.2 Å². The summed E-state index contributed by atoms with van der Waals surface area (Å²) in [6.45, 7) is 0. The van der Waals surface area contributed by atoms with Crippen molar-refractivity contribution in [3.8, 4) is 0 Å². The number of hydrogen-bond donors (Lipinski definition) is 2. The van der Waals surface area contributed by atoms with Gasteiger partial charge in [0.05, 0.1) is 0 Å². The van der Waals surface area contributed by atoms with Crippen LogP contribution >= 0.6 is 15.9 Å². The zero-order valence-corrected chi connectivity index (χ0v) is 10.7. The van der Waals surface area contributed by atoms with Crippen LogP contribution in [0.15, 0.2) is 0 Å². The number of carbonyl (C=O) groups excluding carboxylic acids is 1. The molecule has 0 bridgehead atoms. The van der Waals surface area contributed by atoms with E-state index in [4.69, 9.17) is 5.73 Å². The number of nitrogens with one attached hydrogen (secondary N) is 1. The fourth-order valence-corrected chi connectivity index (χ4v) is 2.98. The van der Waals surface area contributed by atoms with Gasteiger partial charge in [-0.3, -0.25) is 4.79 Å². The maximum Gasteiger partial charge on any atom is 0.221 e. The zero-order chi connectivity index (χ0) is 11.5. The fourth-order valence-electron chi connectivity index (χ4n) is 1.78. The Hall–Kier alpha value is -0.140. The van der Waals surface area contributed by atoms with Crippen molar-refractivity contribution in [2.24, 2.45) is 11.7 Å². The van der Waals surface area contributed by atoms with E-state index >= 15 is 0 Å². The van der Waals surface area contributed by atoms with Crippen molar-refractivity contribution in [2.45, 2.75) is 31.7 Å². The van der Waals surface area contributed by atoms with Gasteiger partial charge < -0.3 is 5.73 Å². The molecular formula is C8H15BrN2O3S. The minimum Gasteiger partial charge on any atom is -0.369 e. The second-order valence-corrected chi connectivity index (χ2v) is 6.85. The SMILES string of the molecule is NC(=O)C1CCC(NS(=O)(=O)CBr)CC1. The van der Waals surface area contributed by atoms with Gasteiger partial charge in [-0.1, -0.05) is 15.9 Å². The lowest BCUT2D eigenvalue weighted by molar-refractivity contribution is -0.122. The molecule has 0 aliphatic heterocycles. The highest BCUT2D eigenvalue weighted by Crippen LogP contribution is 2.24. The van der Waals surface area contributed by atoms with Crippen LogP contribution in [-0.4, -0.2) is 25.0 Å². The molecular weight excluding hydrogens is 284 g/mol. The summed E-state index contributed by atoms with van der Waals surface area (Å²) in [4.78, 5) is 10.9. The predicted octanol–water partition coefficient (Wildman–Crippen LogP) is 0.302. The molecule has 3 N–H and O–H groups in total. The minimum atomic E-state index is -3.21. The lowest BCUT2D eigenvalue weighted by Gasteiger charge is -2.26. The maximum atomic E-state index is 11.2. The van der Waals surface area contributed by atoms with Gasteiger partial charge in [-0.05, 0) is 25.7 Å². The summed E-state index contributed by atoms with van der Waals surface area (Å²) in [5, 5.41) is 0. The Labute approximate surface area is 98.0 Å². The van der Waals surface area contributed by atoms with Crippen LogP contribution < -0.4 is 10.5 Å². The summed E-state index contributed by atoms with van der Waals surface area (Å²) in [6.07, 6.45) is 2.70. The molecule has 5 nitrogen and oxygen atoms in total. The smallest absolute Gasteiger partial charge is 0.221 e. The largest absolute Gasteiger partial charge is 0.369 e. The average molecular weight is 299 g/mol. The van der Waals surface area contributed by atoms with E-state index in [1.807, 2.05) is 0 Å². The minimum absolute atomic E-state index is 0.0526. The molecule has 0 aromatic carbocycles. The zero-order valence-electron chi connectivity index (χ0n) is 8.28. The first-order valence-corrected chi connectivity index (χ1v) is 7.57. The van der Waals surface area contributed by atoms with Crippen LogP contribution in [0.3, 0.4) is 0 Å². The first-order valence-electron chi connectivity index (χ1n) is 4.80. The quantitative estimate of drug-likeness (QED) is 0.732. The summed E-state index contributed by atoms with van der Waals surface area (Å²) in [5.41, 5.74) is 5.18. The number of primary amides is 1. The normalized spacial score (nSPS) is 27.5. The van der Waals surface area contributed by atoms with Gasteiger partial charge in [-0.15, -0.1) is 0 Å². The Balaban J connectivity index is 2.42. The molecule has 0 spiro atoms. The highest BCUT2D eigenvalue weighted by molar-refractivity contribution is 9.10. The van der Waals surface area contributed by atoms with Crippen molar-refractivity contribution in [3.63, 3.8) is 0 Å². The summed E-state index contributed by atoms with van der Waals surface area (Å²) >= 11 is 2.91. The maximum absolute atomic E-state index is 11.2. The lowest BCUT2D eigenvalue weighted by atomic mass is 9.86. The van der Waals surface area contributed by atoms with Gasteiger partial charge in [0.2, 0.25) is 15.9 Å². The topological polar surface area (TPSA) is 89.3 Å². The molecule has 1 fully saturated rings. The number of halogens is 1. The number of hydrogen-bond acceptors (Lipinski definition) is 3. The third-order valence-corrected chi connectivity index (χ3v) is 5.41. The Morgan fingerprint density at radius 1 is 1.33 bits per heavy atom. The number of rotatable bonds is 4. The third-order valence-electron chi connectivity index (χ3n) is 2.62. The third kappa shape index (κ3) is 4.08. The van der Waals surface area contributed by atoms with Crippen LogP contribution in [0.5, 0.6) is 0 Å². The first-order chi connectivity index (χ1) is 6.94. The van der Waals surface area contributed by atoms with Gasteiger partial charge in [-0.2, -0.15) is 0 Å². The Morgan fingerprint density at radius 2 is 1.87 bits per heavy atom. The van der Waals surface area contributed by atoms with E-state index in [-0.39, 0.29) is 22.5 Å². The molecule has 7 heteroatoms. The van der Waals surface area contributed by atoms with E-state index in [2.05, 4.69) is 20.7 Å².